The number of aromatic nitrogens is 4. The number of hydrogen-bond donors (Lipinski definition) is 2. The fourth-order valence-electron chi connectivity index (χ4n) is 3.58. The van der Waals surface area contributed by atoms with Gasteiger partial charge in [-0.05, 0) is 46.9 Å². The number of aromatic amines is 1. The van der Waals surface area contributed by atoms with Gasteiger partial charge in [-0.2, -0.15) is 18.4 Å². The number of hydrogen-bond acceptors (Lipinski definition) is 5. The Kier molecular flexibility index (Phi) is 7.24. The minimum atomic E-state index is -4.51. The molecule has 0 aliphatic rings. The van der Waals surface area contributed by atoms with Crippen LogP contribution in [0.3, 0.4) is 0 Å². The molecule has 0 saturated heterocycles. The first-order valence-corrected chi connectivity index (χ1v) is 10.2. The number of rotatable bonds is 8. The molecule has 7 nitrogen and oxygen atoms in total. The SMILES string of the molecule is CCCC(=O)NOCc1ccc(C(F)(F)F)c([C@@H](C)c2ccc(-c3nn[nH]n3)cc2)c1C. The van der Waals surface area contributed by atoms with Crippen LogP contribution in [0.25, 0.3) is 11.4 Å². The molecule has 0 aliphatic carbocycles. The molecule has 170 valence electrons. The average molecular weight is 447 g/mol. The Hall–Kier alpha value is -3.27. The highest BCUT2D eigenvalue weighted by molar-refractivity contribution is 5.74. The molecular formula is C22H24F3N5O2. The highest BCUT2D eigenvalue weighted by Crippen LogP contribution is 2.40. The van der Waals surface area contributed by atoms with Crippen LogP contribution in [0, 0.1) is 6.92 Å². The van der Waals surface area contributed by atoms with Crippen molar-refractivity contribution in [2.45, 2.75) is 52.3 Å². The number of nitrogens with zero attached hydrogens (tertiary/aromatic N) is 3. The highest BCUT2D eigenvalue weighted by Gasteiger charge is 2.36. The molecule has 3 aromatic rings. The van der Waals surface area contributed by atoms with Gasteiger partial charge in [0, 0.05) is 17.9 Å². The van der Waals surface area contributed by atoms with E-state index in [9.17, 15) is 18.0 Å². The predicted molar refractivity (Wildman–Crippen MR) is 111 cm³/mol. The first-order valence-electron chi connectivity index (χ1n) is 10.2. The Morgan fingerprint density at radius 1 is 1.19 bits per heavy atom. The van der Waals surface area contributed by atoms with Crippen molar-refractivity contribution in [1.29, 1.82) is 0 Å². The summed E-state index contributed by atoms with van der Waals surface area (Å²) in [5, 5.41) is 13.7. The normalized spacial score (nSPS) is 12.6. The summed E-state index contributed by atoms with van der Waals surface area (Å²) in [5.41, 5.74) is 4.26. The lowest BCUT2D eigenvalue weighted by Gasteiger charge is -2.23. The molecule has 0 saturated carbocycles. The maximum atomic E-state index is 13.8. The Labute approximate surface area is 183 Å². The van der Waals surface area contributed by atoms with Crippen LogP contribution in [0.2, 0.25) is 0 Å². The van der Waals surface area contributed by atoms with E-state index >= 15 is 0 Å². The zero-order chi connectivity index (χ0) is 23.3. The van der Waals surface area contributed by atoms with Crippen molar-refractivity contribution in [3.05, 3.63) is 64.2 Å². The molecule has 1 heterocycles. The molecule has 1 atom stereocenters. The van der Waals surface area contributed by atoms with E-state index in [4.69, 9.17) is 4.84 Å². The van der Waals surface area contributed by atoms with Gasteiger partial charge in [0.15, 0.2) is 0 Å². The van der Waals surface area contributed by atoms with Gasteiger partial charge in [-0.25, -0.2) is 5.48 Å². The van der Waals surface area contributed by atoms with Gasteiger partial charge in [0.05, 0.1) is 5.56 Å². The van der Waals surface area contributed by atoms with Crippen molar-refractivity contribution < 1.29 is 22.8 Å². The van der Waals surface area contributed by atoms with Gasteiger partial charge in [0.25, 0.3) is 0 Å². The smallest absolute Gasteiger partial charge is 0.273 e. The van der Waals surface area contributed by atoms with Crippen LogP contribution in [-0.2, 0) is 22.4 Å². The molecule has 0 bridgehead atoms. The van der Waals surface area contributed by atoms with Crippen LogP contribution < -0.4 is 5.48 Å². The third-order valence-corrected chi connectivity index (χ3v) is 5.27. The summed E-state index contributed by atoms with van der Waals surface area (Å²) < 4.78 is 41.4. The number of nitrogens with one attached hydrogen (secondary N) is 2. The van der Waals surface area contributed by atoms with Crippen molar-refractivity contribution in [2.75, 3.05) is 0 Å². The third-order valence-electron chi connectivity index (χ3n) is 5.27. The molecule has 1 aromatic heterocycles. The topological polar surface area (TPSA) is 92.8 Å². The molecule has 0 spiro atoms. The number of carbonyl (C=O) groups excluding carboxylic acids is 1. The number of alkyl halides is 3. The minimum absolute atomic E-state index is 0.0318. The van der Waals surface area contributed by atoms with Gasteiger partial charge < -0.3 is 0 Å². The number of benzene rings is 2. The number of hydroxylamine groups is 1. The number of tetrazole rings is 1. The van der Waals surface area contributed by atoms with Crippen molar-refractivity contribution >= 4 is 5.91 Å². The summed E-state index contributed by atoms with van der Waals surface area (Å²) in [6.45, 7) is 5.20. The van der Waals surface area contributed by atoms with Gasteiger partial charge in [0.2, 0.25) is 11.7 Å². The molecule has 10 heteroatoms. The molecule has 2 N–H and O–H groups in total. The lowest BCUT2D eigenvalue weighted by molar-refractivity contribution is -0.138. The second-order valence-corrected chi connectivity index (χ2v) is 7.45. The standard InChI is InChI=1S/C22H24F3N5O2/c1-4-5-19(31)28-32-12-17-10-11-18(22(23,24)25)20(14(17)3)13(2)15-6-8-16(9-7-15)21-26-29-30-27-21/h6-11,13H,4-5,12H2,1-3H3,(H,28,31)(H,26,27,29,30)/t13-/m0/s1. The summed E-state index contributed by atoms with van der Waals surface area (Å²) >= 11 is 0. The van der Waals surface area contributed by atoms with E-state index in [1.165, 1.54) is 6.07 Å². The lowest BCUT2D eigenvalue weighted by Crippen LogP contribution is -2.23. The molecule has 2 aromatic carbocycles. The van der Waals surface area contributed by atoms with E-state index in [1.807, 2.05) is 6.92 Å². The second kappa shape index (κ2) is 9.90. The summed E-state index contributed by atoms with van der Waals surface area (Å²) in [7, 11) is 0. The van der Waals surface area contributed by atoms with E-state index in [0.717, 1.165) is 6.07 Å². The molecule has 0 aliphatic heterocycles. The van der Waals surface area contributed by atoms with Crippen LogP contribution in [0.1, 0.15) is 60.4 Å². The van der Waals surface area contributed by atoms with Crippen molar-refractivity contribution in [3.63, 3.8) is 0 Å². The van der Waals surface area contributed by atoms with Crippen LogP contribution in [0.15, 0.2) is 36.4 Å². The van der Waals surface area contributed by atoms with Crippen LogP contribution in [-0.4, -0.2) is 26.5 Å². The number of amides is 1. The van der Waals surface area contributed by atoms with Gasteiger partial charge in [-0.1, -0.05) is 44.2 Å². The largest absolute Gasteiger partial charge is 0.416 e. The third kappa shape index (κ3) is 5.31. The Balaban J connectivity index is 1.90. The maximum Gasteiger partial charge on any atom is 0.416 e. The molecule has 1 amide bonds. The van der Waals surface area contributed by atoms with Crippen LogP contribution in [0.5, 0.6) is 0 Å². The van der Waals surface area contributed by atoms with Crippen LogP contribution >= 0.6 is 0 Å². The van der Waals surface area contributed by atoms with Gasteiger partial charge >= 0.3 is 6.18 Å². The van der Waals surface area contributed by atoms with E-state index in [0.29, 0.717) is 40.9 Å². The molecule has 0 unspecified atom stereocenters. The van der Waals surface area contributed by atoms with Crippen molar-refractivity contribution in [3.8, 4) is 11.4 Å². The zero-order valence-electron chi connectivity index (χ0n) is 18.0. The molecule has 32 heavy (non-hydrogen) atoms. The molecule has 3 rings (SSSR count). The quantitative estimate of drug-likeness (QED) is 0.489. The molecule has 0 fully saturated rings. The molecular weight excluding hydrogens is 423 g/mol. The highest BCUT2D eigenvalue weighted by atomic mass is 19.4. The Morgan fingerprint density at radius 2 is 1.91 bits per heavy atom. The number of H-pyrrole nitrogens is 1. The van der Waals surface area contributed by atoms with E-state index in [1.54, 1.807) is 38.1 Å². The fraction of sp³-hybridized carbons (Fsp3) is 0.364. The summed E-state index contributed by atoms with van der Waals surface area (Å²) in [6.07, 6.45) is -3.52. The summed E-state index contributed by atoms with van der Waals surface area (Å²) in [4.78, 5) is 16.8. The van der Waals surface area contributed by atoms with Crippen molar-refractivity contribution in [2.24, 2.45) is 0 Å². The van der Waals surface area contributed by atoms with Gasteiger partial charge in [-0.15, -0.1) is 10.2 Å². The van der Waals surface area contributed by atoms with Crippen molar-refractivity contribution in [1.82, 2.24) is 26.1 Å². The number of carbonyl (C=O) groups is 1. The first-order chi connectivity index (χ1) is 15.2. The minimum Gasteiger partial charge on any atom is -0.273 e. The average Bonchev–Trinajstić information content (AvgIpc) is 3.29. The van der Waals surface area contributed by atoms with Crippen LogP contribution in [0.4, 0.5) is 13.2 Å². The van der Waals surface area contributed by atoms with Gasteiger partial charge in [-0.3, -0.25) is 9.63 Å². The van der Waals surface area contributed by atoms with E-state index in [-0.39, 0.29) is 18.1 Å². The molecule has 0 radical (unpaired) electrons. The van der Waals surface area contributed by atoms with E-state index < -0.39 is 17.7 Å². The predicted octanol–water partition coefficient (Wildman–Crippen LogP) is 4.69. The number of halogens is 3. The zero-order valence-corrected chi connectivity index (χ0v) is 18.0. The van der Waals surface area contributed by atoms with E-state index in [2.05, 4.69) is 26.1 Å². The monoisotopic (exact) mass is 447 g/mol. The Bertz CT molecular complexity index is 1050. The maximum absolute atomic E-state index is 13.8. The summed E-state index contributed by atoms with van der Waals surface area (Å²) in [5.74, 6) is -0.409. The van der Waals surface area contributed by atoms with Gasteiger partial charge in [0.1, 0.15) is 6.61 Å². The second-order valence-electron chi connectivity index (χ2n) is 7.45. The summed E-state index contributed by atoms with van der Waals surface area (Å²) in [6, 6.07) is 9.46. The first kappa shape index (κ1) is 23.4. The lowest BCUT2D eigenvalue weighted by atomic mass is 9.84. The fourth-order valence-corrected chi connectivity index (χ4v) is 3.58. The Morgan fingerprint density at radius 3 is 2.50 bits per heavy atom.